The molecule has 0 bridgehead atoms. The van der Waals surface area contributed by atoms with Gasteiger partial charge in [0.15, 0.2) is 0 Å². The van der Waals surface area contributed by atoms with Gasteiger partial charge in [0.25, 0.3) is 5.56 Å². The van der Waals surface area contributed by atoms with Crippen LogP contribution in [0.5, 0.6) is 0 Å². The number of fused-ring (bicyclic) bond motifs is 1. The summed E-state index contributed by atoms with van der Waals surface area (Å²) >= 11 is 6.12. The molecule has 4 aromatic rings. The lowest BCUT2D eigenvalue weighted by Crippen LogP contribution is -2.44. The Morgan fingerprint density at radius 3 is 2.43 bits per heavy atom. The van der Waals surface area contributed by atoms with Crippen molar-refractivity contribution in [2.45, 2.75) is 32.1 Å². The molecule has 4 rings (SSSR count). The highest BCUT2D eigenvalue weighted by Gasteiger charge is 2.30. The summed E-state index contributed by atoms with van der Waals surface area (Å²) in [6.07, 6.45) is -4.47. The predicted octanol–water partition coefficient (Wildman–Crippen LogP) is 5.23. The second-order valence-electron chi connectivity index (χ2n) is 8.25. The maximum Gasteiger partial charge on any atom is 0.416 e. The number of aromatic nitrogens is 2. The third-order valence-electron chi connectivity index (χ3n) is 5.87. The molecule has 6 nitrogen and oxygen atoms in total. The highest BCUT2D eigenvalue weighted by molar-refractivity contribution is 6.31. The Bertz CT molecular complexity index is 1610. The molecule has 0 aliphatic rings. The van der Waals surface area contributed by atoms with E-state index in [0.29, 0.717) is 4.57 Å². The monoisotopic (exact) mass is 533 g/mol. The third kappa shape index (κ3) is 5.15. The lowest BCUT2D eigenvalue weighted by atomic mass is 10.1. The van der Waals surface area contributed by atoms with Crippen molar-refractivity contribution >= 4 is 28.4 Å². The maximum absolute atomic E-state index is 14.6. The van der Waals surface area contributed by atoms with Gasteiger partial charge in [-0.25, -0.2) is 13.8 Å². The molecule has 1 aromatic heterocycles. The minimum absolute atomic E-state index is 0.0244. The van der Waals surface area contributed by atoms with Crippen LogP contribution in [0.1, 0.15) is 30.5 Å². The van der Waals surface area contributed by atoms with Crippen LogP contribution in [0.4, 0.5) is 17.6 Å². The van der Waals surface area contributed by atoms with Crippen LogP contribution in [-0.2, 0) is 17.5 Å². The van der Waals surface area contributed by atoms with Gasteiger partial charge in [-0.15, -0.1) is 0 Å². The van der Waals surface area contributed by atoms with Crippen LogP contribution in [0.3, 0.4) is 0 Å². The van der Waals surface area contributed by atoms with E-state index < -0.39 is 40.8 Å². The average molecular weight is 534 g/mol. The molecule has 1 amide bonds. The van der Waals surface area contributed by atoms with Crippen molar-refractivity contribution in [2.24, 2.45) is 0 Å². The molecule has 0 saturated heterocycles. The van der Waals surface area contributed by atoms with Crippen molar-refractivity contribution in [2.75, 3.05) is 0 Å². The number of para-hydroxylation sites is 1. The summed E-state index contributed by atoms with van der Waals surface area (Å²) < 4.78 is 55.4. The van der Waals surface area contributed by atoms with Crippen molar-refractivity contribution in [1.29, 1.82) is 0 Å². The molecule has 0 spiro atoms. The highest BCUT2D eigenvalue weighted by Crippen LogP contribution is 2.29. The first-order valence-corrected chi connectivity index (χ1v) is 11.6. The maximum atomic E-state index is 14.6. The molecule has 0 fully saturated rings. The largest absolute Gasteiger partial charge is 0.416 e. The second-order valence-corrected chi connectivity index (χ2v) is 8.68. The number of nitrogens with zero attached hydrogens (tertiary/aromatic N) is 2. The number of rotatable bonds is 6. The summed E-state index contributed by atoms with van der Waals surface area (Å²) in [7, 11) is 0. The standard InChI is InChI=1S/C26H20ClF4N3O3/c1-2-20(23(35)32-14-15-6-5-7-16(12-15)26(29,30)31)33-22-13-17(27)10-11-18(22)24(36)34(25(33)37)21-9-4-3-8-19(21)28/h3-13,20H,2,14H2,1H3,(H,32,35). The van der Waals surface area contributed by atoms with E-state index in [0.717, 1.165) is 22.8 Å². The van der Waals surface area contributed by atoms with Gasteiger partial charge in [0.05, 0.1) is 22.2 Å². The molecule has 1 heterocycles. The van der Waals surface area contributed by atoms with Gasteiger partial charge in [-0.3, -0.25) is 14.2 Å². The molecule has 0 aliphatic carbocycles. The number of hydrogen-bond acceptors (Lipinski definition) is 3. The summed E-state index contributed by atoms with van der Waals surface area (Å²) in [6, 6.07) is 12.7. The molecule has 37 heavy (non-hydrogen) atoms. The molecule has 1 N–H and O–H groups in total. The fourth-order valence-corrected chi connectivity index (χ4v) is 4.27. The van der Waals surface area contributed by atoms with Crippen LogP contribution in [0, 0.1) is 5.82 Å². The van der Waals surface area contributed by atoms with Crippen molar-refractivity contribution in [3.63, 3.8) is 0 Å². The molecule has 3 aromatic carbocycles. The Morgan fingerprint density at radius 2 is 1.76 bits per heavy atom. The zero-order valence-corrected chi connectivity index (χ0v) is 20.1. The van der Waals surface area contributed by atoms with Crippen LogP contribution >= 0.6 is 11.6 Å². The first kappa shape index (κ1) is 26.2. The number of carbonyl (C=O) groups is 1. The van der Waals surface area contributed by atoms with Gasteiger partial charge in [-0.1, -0.05) is 42.8 Å². The quantitative estimate of drug-likeness (QED) is 0.345. The summed E-state index contributed by atoms with van der Waals surface area (Å²) in [5.41, 5.74) is -2.64. The van der Waals surface area contributed by atoms with E-state index in [-0.39, 0.29) is 40.1 Å². The Labute approximate surface area is 212 Å². The number of hydrogen-bond donors (Lipinski definition) is 1. The van der Waals surface area contributed by atoms with E-state index in [1.165, 1.54) is 48.5 Å². The summed E-state index contributed by atoms with van der Waals surface area (Å²) in [5, 5.41) is 2.78. The van der Waals surface area contributed by atoms with Crippen molar-refractivity contribution in [3.05, 3.63) is 110 Å². The smallest absolute Gasteiger partial charge is 0.350 e. The lowest BCUT2D eigenvalue weighted by Gasteiger charge is -2.22. The summed E-state index contributed by atoms with van der Waals surface area (Å²) in [4.78, 5) is 40.1. The Hall–Kier alpha value is -3.92. The molecule has 1 atom stereocenters. The minimum atomic E-state index is -4.54. The van der Waals surface area contributed by atoms with Crippen LogP contribution in [0.25, 0.3) is 16.6 Å². The Kier molecular flexibility index (Phi) is 7.22. The normalized spacial score (nSPS) is 12.5. The number of nitrogens with one attached hydrogen (secondary N) is 1. The van der Waals surface area contributed by atoms with E-state index in [2.05, 4.69) is 5.32 Å². The van der Waals surface area contributed by atoms with Gasteiger partial charge < -0.3 is 5.32 Å². The van der Waals surface area contributed by atoms with E-state index in [1.807, 2.05) is 0 Å². The SMILES string of the molecule is CCC(C(=O)NCc1cccc(C(F)(F)F)c1)n1c(=O)n(-c2ccccc2F)c(=O)c2ccc(Cl)cc21. The zero-order chi connectivity index (χ0) is 26.9. The van der Waals surface area contributed by atoms with Crippen LogP contribution in [-0.4, -0.2) is 15.0 Å². The van der Waals surface area contributed by atoms with Crippen molar-refractivity contribution < 1.29 is 22.4 Å². The number of benzene rings is 3. The van der Waals surface area contributed by atoms with Crippen LogP contribution < -0.4 is 16.6 Å². The van der Waals surface area contributed by atoms with Gasteiger partial charge in [0, 0.05) is 11.6 Å². The van der Waals surface area contributed by atoms with E-state index in [1.54, 1.807) is 6.92 Å². The molecule has 192 valence electrons. The molecule has 1 unspecified atom stereocenters. The number of halogens is 5. The van der Waals surface area contributed by atoms with Crippen LogP contribution in [0.15, 0.2) is 76.3 Å². The van der Waals surface area contributed by atoms with Crippen molar-refractivity contribution in [1.82, 2.24) is 14.5 Å². The van der Waals surface area contributed by atoms with Gasteiger partial charge >= 0.3 is 11.9 Å². The average Bonchev–Trinajstić information content (AvgIpc) is 2.86. The number of carbonyl (C=O) groups excluding carboxylic acids is 1. The summed E-state index contributed by atoms with van der Waals surface area (Å²) in [6.45, 7) is 1.38. The Balaban J connectivity index is 1.81. The fraction of sp³-hybridized carbons (Fsp3) is 0.192. The van der Waals surface area contributed by atoms with E-state index in [9.17, 15) is 31.9 Å². The third-order valence-corrected chi connectivity index (χ3v) is 6.10. The van der Waals surface area contributed by atoms with Gasteiger partial charge in [-0.05, 0) is 54.4 Å². The zero-order valence-electron chi connectivity index (χ0n) is 19.4. The molecule has 0 radical (unpaired) electrons. The molecule has 11 heteroatoms. The molecular weight excluding hydrogens is 514 g/mol. The van der Waals surface area contributed by atoms with Crippen LogP contribution in [0.2, 0.25) is 5.02 Å². The molecular formula is C26H20ClF4N3O3. The highest BCUT2D eigenvalue weighted by atomic mass is 35.5. The molecule has 0 aliphatic heterocycles. The van der Waals surface area contributed by atoms with Crippen molar-refractivity contribution in [3.8, 4) is 5.69 Å². The lowest BCUT2D eigenvalue weighted by molar-refractivity contribution is -0.137. The predicted molar refractivity (Wildman–Crippen MR) is 131 cm³/mol. The topological polar surface area (TPSA) is 73.1 Å². The van der Waals surface area contributed by atoms with Gasteiger partial charge in [-0.2, -0.15) is 13.2 Å². The first-order chi connectivity index (χ1) is 17.5. The van der Waals surface area contributed by atoms with Gasteiger partial charge in [0.1, 0.15) is 11.9 Å². The molecule has 0 saturated carbocycles. The Morgan fingerprint density at radius 1 is 1.03 bits per heavy atom. The summed E-state index contributed by atoms with van der Waals surface area (Å²) in [5.74, 6) is -1.49. The number of alkyl halides is 3. The number of amides is 1. The van der Waals surface area contributed by atoms with E-state index >= 15 is 0 Å². The van der Waals surface area contributed by atoms with E-state index in [4.69, 9.17) is 11.6 Å². The fourth-order valence-electron chi connectivity index (χ4n) is 4.10. The minimum Gasteiger partial charge on any atom is -0.350 e. The van der Waals surface area contributed by atoms with Gasteiger partial charge in [0.2, 0.25) is 5.91 Å². The first-order valence-electron chi connectivity index (χ1n) is 11.2. The second kappa shape index (κ2) is 10.2.